The van der Waals surface area contributed by atoms with Crippen molar-refractivity contribution in [1.29, 1.82) is 0 Å². The zero-order valence-electron chi connectivity index (χ0n) is 13.2. The van der Waals surface area contributed by atoms with Gasteiger partial charge < -0.3 is 10.1 Å². The van der Waals surface area contributed by atoms with Crippen molar-refractivity contribution in [3.8, 4) is 17.1 Å². The minimum absolute atomic E-state index is 0.103. The maximum atomic E-state index is 12.0. The molecular formula is C17H14ClN3O2S2. The molecule has 25 heavy (non-hydrogen) atoms. The van der Waals surface area contributed by atoms with Gasteiger partial charge in [-0.15, -0.1) is 0 Å². The third-order valence-electron chi connectivity index (χ3n) is 3.21. The summed E-state index contributed by atoms with van der Waals surface area (Å²) in [6.45, 7) is 0. The highest BCUT2D eigenvalue weighted by Crippen LogP contribution is 2.26. The van der Waals surface area contributed by atoms with Crippen LogP contribution in [-0.4, -0.2) is 28.1 Å². The number of carbonyl (C=O) groups is 1. The van der Waals surface area contributed by atoms with Crippen LogP contribution in [-0.2, 0) is 4.79 Å². The number of nitrogens with one attached hydrogen (secondary N) is 1. The molecule has 1 heterocycles. The number of ether oxygens (including phenoxy) is 1. The fourth-order valence-electron chi connectivity index (χ4n) is 1.98. The van der Waals surface area contributed by atoms with Crippen LogP contribution in [0.2, 0.25) is 5.02 Å². The lowest BCUT2D eigenvalue weighted by molar-refractivity contribution is -0.113. The number of anilines is 1. The predicted octanol–water partition coefficient (Wildman–Crippen LogP) is 4.60. The van der Waals surface area contributed by atoms with Gasteiger partial charge in [0.2, 0.25) is 5.91 Å². The third-order valence-corrected chi connectivity index (χ3v) is 5.30. The van der Waals surface area contributed by atoms with Crippen molar-refractivity contribution in [3.63, 3.8) is 0 Å². The van der Waals surface area contributed by atoms with E-state index in [2.05, 4.69) is 14.7 Å². The Balaban J connectivity index is 1.55. The van der Waals surface area contributed by atoms with E-state index in [1.165, 1.54) is 23.3 Å². The second kappa shape index (κ2) is 8.33. The maximum Gasteiger partial charge on any atom is 0.234 e. The number of amides is 1. The van der Waals surface area contributed by atoms with E-state index >= 15 is 0 Å². The van der Waals surface area contributed by atoms with E-state index < -0.39 is 0 Å². The second-order valence-electron chi connectivity index (χ2n) is 4.96. The van der Waals surface area contributed by atoms with Gasteiger partial charge in [-0.25, -0.2) is 4.98 Å². The molecule has 0 aliphatic rings. The van der Waals surface area contributed by atoms with Gasteiger partial charge in [0.15, 0.2) is 10.2 Å². The fourth-order valence-corrected chi connectivity index (χ4v) is 3.52. The van der Waals surface area contributed by atoms with Gasteiger partial charge in [-0.3, -0.25) is 4.79 Å². The van der Waals surface area contributed by atoms with Crippen LogP contribution in [0.3, 0.4) is 0 Å². The molecule has 8 heteroatoms. The van der Waals surface area contributed by atoms with Crippen molar-refractivity contribution < 1.29 is 9.53 Å². The second-order valence-corrected chi connectivity index (χ2v) is 7.37. The summed E-state index contributed by atoms with van der Waals surface area (Å²) in [7, 11) is 1.62. The van der Waals surface area contributed by atoms with Crippen molar-refractivity contribution in [1.82, 2.24) is 9.36 Å². The van der Waals surface area contributed by atoms with Crippen LogP contribution in [0.5, 0.6) is 5.75 Å². The number of benzene rings is 2. The van der Waals surface area contributed by atoms with E-state index in [1.54, 1.807) is 31.4 Å². The summed E-state index contributed by atoms with van der Waals surface area (Å²) in [6.07, 6.45) is 0. The predicted molar refractivity (Wildman–Crippen MR) is 103 cm³/mol. The number of hydrogen-bond acceptors (Lipinski definition) is 6. The molecule has 2 aromatic carbocycles. The van der Waals surface area contributed by atoms with Gasteiger partial charge in [0.25, 0.3) is 0 Å². The maximum absolute atomic E-state index is 12.0. The van der Waals surface area contributed by atoms with Gasteiger partial charge in [0, 0.05) is 16.3 Å². The van der Waals surface area contributed by atoms with E-state index in [1.807, 2.05) is 24.3 Å². The highest BCUT2D eigenvalue weighted by atomic mass is 35.5. The molecule has 0 fully saturated rings. The quantitative estimate of drug-likeness (QED) is 0.622. The van der Waals surface area contributed by atoms with E-state index in [0.717, 1.165) is 15.7 Å². The molecule has 1 aromatic heterocycles. The number of nitrogens with zero attached hydrogens (tertiary/aromatic N) is 2. The standard InChI is InChI=1S/C17H14ClN3O2S2/c1-23-14-8-2-11(3-9-14)16-20-17(25-21-16)24-10-15(22)19-13-6-4-12(18)5-7-13/h2-9H,10H2,1H3,(H,19,22). The summed E-state index contributed by atoms with van der Waals surface area (Å²) >= 11 is 8.46. The van der Waals surface area contributed by atoms with Gasteiger partial charge in [0.1, 0.15) is 5.75 Å². The molecule has 3 aromatic rings. The summed E-state index contributed by atoms with van der Waals surface area (Å²) < 4.78 is 10.2. The molecule has 5 nitrogen and oxygen atoms in total. The van der Waals surface area contributed by atoms with Crippen LogP contribution in [0.25, 0.3) is 11.4 Å². The Hall–Kier alpha value is -2.09. The van der Waals surface area contributed by atoms with Crippen LogP contribution in [0.4, 0.5) is 5.69 Å². The molecule has 128 valence electrons. The Bertz CT molecular complexity index is 851. The van der Waals surface area contributed by atoms with Gasteiger partial charge in [-0.1, -0.05) is 23.4 Å². The molecule has 0 unspecified atom stereocenters. The smallest absolute Gasteiger partial charge is 0.234 e. The van der Waals surface area contributed by atoms with Crippen molar-refractivity contribution in [2.24, 2.45) is 0 Å². The van der Waals surface area contributed by atoms with E-state index in [9.17, 15) is 4.79 Å². The first-order chi connectivity index (χ1) is 12.1. The summed E-state index contributed by atoms with van der Waals surface area (Å²) in [5.41, 5.74) is 1.63. The van der Waals surface area contributed by atoms with E-state index in [0.29, 0.717) is 16.5 Å². The van der Waals surface area contributed by atoms with Crippen molar-refractivity contribution >= 4 is 46.5 Å². The molecule has 0 atom stereocenters. The minimum Gasteiger partial charge on any atom is -0.497 e. The molecule has 0 saturated heterocycles. The lowest BCUT2D eigenvalue weighted by Crippen LogP contribution is -2.13. The molecular weight excluding hydrogens is 378 g/mol. The topological polar surface area (TPSA) is 64.1 Å². The molecule has 0 aliphatic heterocycles. The number of rotatable bonds is 6. The first-order valence-corrected chi connectivity index (χ1v) is 9.44. The number of halogens is 1. The van der Waals surface area contributed by atoms with E-state index in [4.69, 9.17) is 16.3 Å². The highest BCUT2D eigenvalue weighted by Gasteiger charge is 2.10. The molecule has 0 aliphatic carbocycles. The SMILES string of the molecule is COc1ccc(-c2nsc(SCC(=O)Nc3ccc(Cl)cc3)n2)cc1. The summed E-state index contributed by atoms with van der Waals surface area (Å²) in [6, 6.07) is 14.5. The molecule has 3 rings (SSSR count). The average Bonchev–Trinajstić information content (AvgIpc) is 3.11. The monoisotopic (exact) mass is 391 g/mol. The van der Waals surface area contributed by atoms with Crippen molar-refractivity contribution in [3.05, 3.63) is 53.6 Å². The highest BCUT2D eigenvalue weighted by molar-refractivity contribution is 8.01. The van der Waals surface area contributed by atoms with Crippen molar-refractivity contribution in [2.45, 2.75) is 4.34 Å². The third kappa shape index (κ3) is 4.94. The number of hydrogen-bond donors (Lipinski definition) is 1. The summed E-state index contributed by atoms with van der Waals surface area (Å²) in [5.74, 6) is 1.59. The lowest BCUT2D eigenvalue weighted by atomic mass is 10.2. The molecule has 0 saturated carbocycles. The largest absolute Gasteiger partial charge is 0.497 e. The minimum atomic E-state index is -0.103. The van der Waals surface area contributed by atoms with Crippen LogP contribution >= 0.6 is 34.9 Å². The molecule has 0 spiro atoms. The Morgan fingerprint density at radius 3 is 2.60 bits per heavy atom. The number of thioether (sulfide) groups is 1. The Kier molecular flexibility index (Phi) is 5.91. The number of aromatic nitrogens is 2. The first kappa shape index (κ1) is 17.7. The zero-order chi connectivity index (χ0) is 17.6. The number of carbonyl (C=O) groups excluding carboxylic acids is 1. The Morgan fingerprint density at radius 2 is 1.92 bits per heavy atom. The molecule has 0 bridgehead atoms. The van der Waals surface area contributed by atoms with Crippen molar-refractivity contribution in [2.75, 3.05) is 18.2 Å². The van der Waals surface area contributed by atoms with Gasteiger partial charge in [-0.2, -0.15) is 4.37 Å². The number of methoxy groups -OCH3 is 1. The molecule has 0 radical (unpaired) electrons. The van der Waals surface area contributed by atoms with E-state index in [-0.39, 0.29) is 11.7 Å². The summed E-state index contributed by atoms with van der Waals surface area (Å²) in [5, 5.41) is 3.45. The molecule has 1 amide bonds. The normalized spacial score (nSPS) is 10.5. The van der Waals surface area contributed by atoms with Crippen LogP contribution in [0.1, 0.15) is 0 Å². The van der Waals surface area contributed by atoms with Crippen LogP contribution in [0, 0.1) is 0 Å². The van der Waals surface area contributed by atoms with Gasteiger partial charge in [-0.05, 0) is 60.1 Å². The first-order valence-electron chi connectivity index (χ1n) is 7.30. The van der Waals surface area contributed by atoms with Gasteiger partial charge >= 0.3 is 0 Å². The van der Waals surface area contributed by atoms with Crippen LogP contribution < -0.4 is 10.1 Å². The molecule has 1 N–H and O–H groups in total. The zero-order valence-corrected chi connectivity index (χ0v) is 15.6. The Morgan fingerprint density at radius 1 is 1.20 bits per heavy atom. The van der Waals surface area contributed by atoms with Gasteiger partial charge in [0.05, 0.1) is 12.9 Å². The lowest BCUT2D eigenvalue weighted by Gasteiger charge is -2.03. The average molecular weight is 392 g/mol. The summed E-state index contributed by atoms with van der Waals surface area (Å²) in [4.78, 5) is 16.5. The fraction of sp³-hybridized carbons (Fsp3) is 0.118. The van der Waals surface area contributed by atoms with Crippen LogP contribution in [0.15, 0.2) is 52.9 Å². The Labute approximate surface area is 158 Å².